The first kappa shape index (κ1) is 15.3. The Kier molecular flexibility index (Phi) is 4.35. The van der Waals surface area contributed by atoms with E-state index in [1.807, 2.05) is 0 Å². The van der Waals surface area contributed by atoms with E-state index in [9.17, 15) is 9.59 Å². The van der Waals surface area contributed by atoms with Crippen LogP contribution in [0.4, 0.5) is 5.69 Å². The predicted molar refractivity (Wildman–Crippen MR) is 90.1 cm³/mol. The third-order valence-electron chi connectivity index (χ3n) is 4.16. The Morgan fingerprint density at radius 1 is 1.36 bits per heavy atom. The number of aromatic nitrogens is 2. The van der Waals surface area contributed by atoms with Gasteiger partial charge in [-0.05, 0) is 54.4 Å². The summed E-state index contributed by atoms with van der Waals surface area (Å²) in [5.74, 6) is -0.0355. The maximum atomic E-state index is 12.3. The van der Waals surface area contributed by atoms with Crippen molar-refractivity contribution in [3.63, 3.8) is 0 Å². The number of fused-ring (bicyclic) bond motifs is 1. The van der Waals surface area contributed by atoms with E-state index in [-0.39, 0.29) is 11.6 Å². The second-order valence-corrected chi connectivity index (χ2v) is 6.67. The highest BCUT2D eigenvalue weighted by molar-refractivity contribution is 9.10. The fourth-order valence-corrected chi connectivity index (χ4v) is 3.36. The molecule has 0 aliphatic carbocycles. The normalized spacial score (nSPS) is 19.5. The molecule has 2 aromatic rings. The zero-order valence-electron chi connectivity index (χ0n) is 12.4. The maximum absolute atomic E-state index is 12.3. The van der Waals surface area contributed by atoms with Crippen LogP contribution in [0.25, 0.3) is 11.0 Å². The van der Waals surface area contributed by atoms with Crippen molar-refractivity contribution in [1.29, 1.82) is 0 Å². The van der Waals surface area contributed by atoms with Gasteiger partial charge in [0.1, 0.15) is 0 Å². The number of rotatable bonds is 3. The molecule has 1 aliphatic rings. The van der Waals surface area contributed by atoms with Gasteiger partial charge in [0, 0.05) is 10.5 Å². The summed E-state index contributed by atoms with van der Waals surface area (Å²) in [6.45, 7) is 3.54. The molecule has 2 heterocycles. The average Bonchev–Trinajstić information content (AvgIpc) is 2.81. The second kappa shape index (κ2) is 6.26. The Morgan fingerprint density at radius 2 is 2.09 bits per heavy atom. The molecule has 0 unspecified atom stereocenters. The van der Waals surface area contributed by atoms with Crippen LogP contribution in [0.1, 0.15) is 26.2 Å². The number of likely N-dealkylation sites (tertiary alicyclic amines) is 1. The van der Waals surface area contributed by atoms with Crippen molar-refractivity contribution in [3.05, 3.63) is 27.1 Å². The van der Waals surface area contributed by atoms with Crippen LogP contribution in [-0.2, 0) is 4.79 Å². The van der Waals surface area contributed by atoms with Crippen molar-refractivity contribution >= 4 is 38.6 Å². The average molecular weight is 367 g/mol. The van der Waals surface area contributed by atoms with Crippen LogP contribution in [-0.4, -0.2) is 39.9 Å². The molecule has 0 spiro atoms. The Morgan fingerprint density at radius 3 is 2.82 bits per heavy atom. The summed E-state index contributed by atoms with van der Waals surface area (Å²) in [5.41, 5.74) is 1.79. The number of piperidine rings is 1. The highest BCUT2D eigenvalue weighted by atomic mass is 79.9. The molecule has 7 heteroatoms. The number of halogens is 1. The lowest BCUT2D eigenvalue weighted by Crippen LogP contribution is -2.42. The molecule has 0 saturated carbocycles. The van der Waals surface area contributed by atoms with E-state index >= 15 is 0 Å². The molecule has 1 amide bonds. The van der Waals surface area contributed by atoms with E-state index in [0.717, 1.165) is 23.9 Å². The van der Waals surface area contributed by atoms with Crippen molar-refractivity contribution < 1.29 is 4.79 Å². The van der Waals surface area contributed by atoms with Gasteiger partial charge in [0.2, 0.25) is 5.91 Å². The van der Waals surface area contributed by atoms with Crippen LogP contribution < -0.4 is 11.0 Å². The van der Waals surface area contributed by atoms with E-state index in [4.69, 9.17) is 0 Å². The standard InChI is InChI=1S/C15H19BrN4O2/c1-9-4-2-3-5-20(9)8-14(21)17-11-7-13-12(6-10(11)16)18-15(22)19-13/h6-7,9H,2-5,8H2,1H3,(H,17,21)(H2,18,19,22)/t9-/m0/s1. The zero-order valence-corrected chi connectivity index (χ0v) is 14.0. The van der Waals surface area contributed by atoms with E-state index in [1.165, 1.54) is 6.42 Å². The van der Waals surface area contributed by atoms with Gasteiger partial charge < -0.3 is 15.3 Å². The maximum Gasteiger partial charge on any atom is 0.323 e. The number of carbonyl (C=O) groups is 1. The molecular weight excluding hydrogens is 348 g/mol. The lowest BCUT2D eigenvalue weighted by molar-refractivity contribution is -0.118. The van der Waals surface area contributed by atoms with E-state index in [0.29, 0.717) is 29.3 Å². The molecule has 0 radical (unpaired) electrons. The fourth-order valence-electron chi connectivity index (χ4n) is 2.92. The van der Waals surface area contributed by atoms with Gasteiger partial charge in [-0.1, -0.05) is 6.42 Å². The van der Waals surface area contributed by atoms with Gasteiger partial charge in [0.25, 0.3) is 0 Å². The van der Waals surface area contributed by atoms with E-state index in [2.05, 4.69) is 43.0 Å². The Bertz CT molecular complexity index is 752. The minimum absolute atomic E-state index is 0.0355. The molecule has 0 bridgehead atoms. The third-order valence-corrected chi connectivity index (χ3v) is 4.82. The summed E-state index contributed by atoms with van der Waals surface area (Å²) in [5, 5.41) is 2.92. The Labute approximate surface area is 136 Å². The minimum Gasteiger partial charge on any atom is -0.324 e. The van der Waals surface area contributed by atoms with Crippen molar-refractivity contribution in [2.45, 2.75) is 32.2 Å². The van der Waals surface area contributed by atoms with Gasteiger partial charge in [-0.3, -0.25) is 9.69 Å². The molecule has 118 valence electrons. The number of carbonyl (C=O) groups excluding carboxylic acids is 1. The highest BCUT2D eigenvalue weighted by Crippen LogP contribution is 2.26. The predicted octanol–water partition coefficient (Wildman–Crippen LogP) is 2.43. The molecule has 6 nitrogen and oxygen atoms in total. The summed E-state index contributed by atoms with van der Waals surface area (Å²) in [7, 11) is 0. The minimum atomic E-state index is -0.257. The molecule has 3 N–H and O–H groups in total. The van der Waals surface area contributed by atoms with Crippen LogP contribution in [0.15, 0.2) is 21.4 Å². The van der Waals surface area contributed by atoms with Gasteiger partial charge in [-0.15, -0.1) is 0 Å². The molecule has 1 saturated heterocycles. The first-order valence-corrected chi connectivity index (χ1v) is 8.27. The molecule has 3 rings (SSSR count). The van der Waals surface area contributed by atoms with Crippen molar-refractivity contribution in [1.82, 2.24) is 14.9 Å². The number of H-pyrrole nitrogens is 2. The third kappa shape index (κ3) is 3.25. The number of hydrogen-bond donors (Lipinski definition) is 3. The molecule has 22 heavy (non-hydrogen) atoms. The van der Waals surface area contributed by atoms with Gasteiger partial charge in [0.15, 0.2) is 0 Å². The lowest BCUT2D eigenvalue weighted by atomic mass is 10.0. The lowest BCUT2D eigenvalue weighted by Gasteiger charge is -2.32. The smallest absolute Gasteiger partial charge is 0.323 e. The van der Waals surface area contributed by atoms with Crippen LogP contribution in [0.5, 0.6) is 0 Å². The number of imidazole rings is 1. The number of nitrogens with one attached hydrogen (secondary N) is 3. The molecule has 1 fully saturated rings. The molecular formula is C15H19BrN4O2. The van der Waals surface area contributed by atoms with Crippen LogP contribution >= 0.6 is 15.9 Å². The monoisotopic (exact) mass is 366 g/mol. The van der Waals surface area contributed by atoms with Crippen LogP contribution in [0.2, 0.25) is 0 Å². The van der Waals surface area contributed by atoms with Crippen LogP contribution in [0.3, 0.4) is 0 Å². The quantitative estimate of drug-likeness (QED) is 0.780. The summed E-state index contributed by atoms with van der Waals surface area (Å²) in [6.07, 6.45) is 3.54. The first-order chi connectivity index (χ1) is 10.5. The van der Waals surface area contributed by atoms with Crippen LogP contribution in [0, 0.1) is 0 Å². The highest BCUT2D eigenvalue weighted by Gasteiger charge is 2.20. The summed E-state index contributed by atoms with van der Waals surface area (Å²) in [4.78, 5) is 31.2. The van der Waals surface area contributed by atoms with Gasteiger partial charge in [-0.2, -0.15) is 0 Å². The molecule has 1 aromatic carbocycles. The van der Waals surface area contributed by atoms with E-state index < -0.39 is 0 Å². The molecule has 1 aliphatic heterocycles. The number of nitrogens with zero attached hydrogens (tertiary/aromatic N) is 1. The topological polar surface area (TPSA) is 81.0 Å². The number of benzene rings is 1. The van der Waals surface area contributed by atoms with Gasteiger partial charge in [0.05, 0.1) is 23.3 Å². The molecule has 1 aromatic heterocycles. The molecule has 1 atom stereocenters. The Hall–Kier alpha value is -1.60. The summed E-state index contributed by atoms with van der Waals surface area (Å²) < 4.78 is 0.746. The van der Waals surface area contributed by atoms with Crippen molar-refractivity contribution in [2.24, 2.45) is 0 Å². The van der Waals surface area contributed by atoms with Gasteiger partial charge >= 0.3 is 5.69 Å². The number of amides is 1. The largest absolute Gasteiger partial charge is 0.324 e. The van der Waals surface area contributed by atoms with Gasteiger partial charge in [-0.25, -0.2) is 4.79 Å². The number of aromatic amines is 2. The Balaban J connectivity index is 1.73. The van der Waals surface area contributed by atoms with Crippen molar-refractivity contribution in [2.75, 3.05) is 18.4 Å². The number of hydrogen-bond acceptors (Lipinski definition) is 3. The zero-order chi connectivity index (χ0) is 15.7. The summed E-state index contributed by atoms with van der Waals surface area (Å²) in [6, 6.07) is 3.99. The second-order valence-electron chi connectivity index (χ2n) is 5.82. The number of anilines is 1. The fraction of sp³-hybridized carbons (Fsp3) is 0.467. The van der Waals surface area contributed by atoms with Crippen molar-refractivity contribution in [3.8, 4) is 0 Å². The SMILES string of the molecule is C[C@H]1CCCCN1CC(=O)Nc1cc2[nH]c(=O)[nH]c2cc1Br. The van der Waals surface area contributed by atoms with E-state index in [1.54, 1.807) is 12.1 Å². The summed E-state index contributed by atoms with van der Waals surface area (Å²) >= 11 is 3.43. The first-order valence-electron chi connectivity index (χ1n) is 7.48.